The molecule has 0 fully saturated rings. The van der Waals surface area contributed by atoms with Crippen LogP contribution >= 0.6 is 11.6 Å². The van der Waals surface area contributed by atoms with E-state index in [1.165, 1.54) is 6.20 Å². The lowest BCUT2D eigenvalue weighted by molar-refractivity contribution is 0.0999. The van der Waals surface area contributed by atoms with Crippen LogP contribution in [0.1, 0.15) is 16.1 Å². The Morgan fingerprint density at radius 1 is 1.38 bits per heavy atom. The van der Waals surface area contributed by atoms with E-state index in [1.54, 1.807) is 23.7 Å². The summed E-state index contributed by atoms with van der Waals surface area (Å²) < 4.78 is 1.65. The molecule has 0 atom stereocenters. The minimum absolute atomic E-state index is 0.426. The topological polar surface area (TPSA) is 60.9 Å². The van der Waals surface area contributed by atoms with Gasteiger partial charge in [0.2, 0.25) is 0 Å². The van der Waals surface area contributed by atoms with Crippen LogP contribution in [-0.4, -0.2) is 15.7 Å². The van der Waals surface area contributed by atoms with E-state index in [0.717, 1.165) is 11.4 Å². The van der Waals surface area contributed by atoms with Crippen LogP contribution in [0, 0.1) is 6.92 Å². The Morgan fingerprint density at radius 3 is 2.50 bits per heavy atom. The molecule has 82 valence electrons. The summed E-state index contributed by atoms with van der Waals surface area (Å²) in [7, 11) is 0. The summed E-state index contributed by atoms with van der Waals surface area (Å²) >= 11 is 5.79. The molecule has 1 amide bonds. The third kappa shape index (κ3) is 1.79. The van der Waals surface area contributed by atoms with Gasteiger partial charge in [0, 0.05) is 5.02 Å². The summed E-state index contributed by atoms with van der Waals surface area (Å²) in [6, 6.07) is 7.18. The molecule has 0 aliphatic carbocycles. The van der Waals surface area contributed by atoms with Crippen molar-refractivity contribution in [3.63, 3.8) is 0 Å². The summed E-state index contributed by atoms with van der Waals surface area (Å²) in [5, 5.41) is 4.77. The van der Waals surface area contributed by atoms with E-state index in [0.29, 0.717) is 10.6 Å². The van der Waals surface area contributed by atoms with Gasteiger partial charge in [-0.1, -0.05) is 11.6 Å². The Balaban J connectivity index is 2.49. The maximum Gasteiger partial charge on any atom is 0.252 e. The summed E-state index contributed by atoms with van der Waals surface area (Å²) in [4.78, 5) is 11.1. The van der Waals surface area contributed by atoms with Gasteiger partial charge < -0.3 is 5.73 Å². The van der Waals surface area contributed by atoms with Gasteiger partial charge in [0.05, 0.1) is 23.1 Å². The minimum atomic E-state index is -0.474. The van der Waals surface area contributed by atoms with Crippen LogP contribution in [0.25, 0.3) is 5.69 Å². The molecule has 0 spiro atoms. The summed E-state index contributed by atoms with van der Waals surface area (Å²) in [6.45, 7) is 1.79. The first-order valence-electron chi connectivity index (χ1n) is 4.70. The second-order valence-electron chi connectivity index (χ2n) is 3.40. The number of rotatable bonds is 2. The summed E-state index contributed by atoms with van der Waals surface area (Å²) in [6.07, 6.45) is 1.46. The molecule has 2 aromatic rings. The van der Waals surface area contributed by atoms with E-state index in [9.17, 15) is 4.79 Å². The number of nitrogens with two attached hydrogens (primary N) is 1. The number of hydrogen-bond donors (Lipinski definition) is 1. The van der Waals surface area contributed by atoms with Gasteiger partial charge >= 0.3 is 0 Å². The van der Waals surface area contributed by atoms with Gasteiger partial charge in [0.1, 0.15) is 0 Å². The molecule has 5 heteroatoms. The highest BCUT2D eigenvalue weighted by atomic mass is 35.5. The highest BCUT2D eigenvalue weighted by Gasteiger charge is 2.11. The van der Waals surface area contributed by atoms with Crippen LogP contribution in [0.2, 0.25) is 5.02 Å². The molecule has 0 saturated carbocycles. The highest BCUT2D eigenvalue weighted by Crippen LogP contribution is 2.16. The average molecular weight is 236 g/mol. The highest BCUT2D eigenvalue weighted by molar-refractivity contribution is 6.30. The van der Waals surface area contributed by atoms with Crippen molar-refractivity contribution in [1.82, 2.24) is 9.78 Å². The zero-order valence-electron chi connectivity index (χ0n) is 8.64. The Bertz CT molecular complexity index is 531. The standard InChI is InChI=1S/C11H10ClN3O/c1-7-10(11(13)16)6-14-15(7)9-4-2-8(12)3-5-9/h2-6H,1H3,(H2,13,16). The molecule has 16 heavy (non-hydrogen) atoms. The molecule has 0 saturated heterocycles. The van der Waals surface area contributed by atoms with Crippen molar-refractivity contribution in [2.75, 3.05) is 0 Å². The van der Waals surface area contributed by atoms with Crippen LogP contribution in [-0.2, 0) is 0 Å². The number of halogens is 1. The predicted molar refractivity (Wildman–Crippen MR) is 61.8 cm³/mol. The number of nitrogens with zero attached hydrogens (tertiary/aromatic N) is 2. The molecular formula is C11H10ClN3O. The molecular weight excluding hydrogens is 226 g/mol. The van der Waals surface area contributed by atoms with Crippen molar-refractivity contribution in [1.29, 1.82) is 0 Å². The van der Waals surface area contributed by atoms with Crippen molar-refractivity contribution in [2.45, 2.75) is 6.92 Å². The van der Waals surface area contributed by atoms with E-state index >= 15 is 0 Å². The summed E-state index contributed by atoms with van der Waals surface area (Å²) in [5.74, 6) is -0.474. The number of primary amides is 1. The molecule has 1 aromatic heterocycles. The number of carbonyl (C=O) groups excluding carboxylic acids is 1. The summed E-state index contributed by atoms with van der Waals surface area (Å²) in [5.41, 5.74) is 7.20. The second kappa shape index (κ2) is 3.98. The van der Waals surface area contributed by atoms with Gasteiger partial charge in [-0.3, -0.25) is 4.79 Å². The Labute approximate surface area is 97.6 Å². The van der Waals surface area contributed by atoms with E-state index in [2.05, 4.69) is 5.10 Å². The van der Waals surface area contributed by atoms with Crippen molar-refractivity contribution >= 4 is 17.5 Å². The molecule has 0 aliphatic rings. The molecule has 0 radical (unpaired) electrons. The lowest BCUT2D eigenvalue weighted by atomic mass is 10.2. The Kier molecular flexibility index (Phi) is 2.66. The lowest BCUT2D eigenvalue weighted by Gasteiger charge is -2.04. The van der Waals surface area contributed by atoms with Crippen LogP contribution < -0.4 is 5.73 Å². The lowest BCUT2D eigenvalue weighted by Crippen LogP contribution is -2.12. The Hall–Kier alpha value is -1.81. The zero-order valence-corrected chi connectivity index (χ0v) is 9.40. The maximum atomic E-state index is 11.1. The molecule has 2 rings (SSSR count). The van der Waals surface area contributed by atoms with Gasteiger partial charge in [-0.25, -0.2) is 4.68 Å². The fourth-order valence-electron chi connectivity index (χ4n) is 1.49. The van der Waals surface area contributed by atoms with E-state index in [4.69, 9.17) is 17.3 Å². The van der Waals surface area contributed by atoms with E-state index in [1.807, 2.05) is 12.1 Å². The van der Waals surface area contributed by atoms with Gasteiger partial charge in [0.15, 0.2) is 0 Å². The van der Waals surface area contributed by atoms with Crippen LogP contribution in [0.3, 0.4) is 0 Å². The van der Waals surface area contributed by atoms with Gasteiger partial charge in [-0.2, -0.15) is 5.10 Å². The molecule has 0 unspecified atom stereocenters. The molecule has 0 aliphatic heterocycles. The SMILES string of the molecule is Cc1c(C(N)=O)cnn1-c1ccc(Cl)cc1. The normalized spacial score (nSPS) is 10.4. The zero-order chi connectivity index (χ0) is 11.7. The van der Waals surface area contributed by atoms with Gasteiger partial charge in [-0.15, -0.1) is 0 Å². The quantitative estimate of drug-likeness (QED) is 0.865. The van der Waals surface area contributed by atoms with Gasteiger partial charge in [0.25, 0.3) is 5.91 Å². The van der Waals surface area contributed by atoms with Gasteiger partial charge in [-0.05, 0) is 31.2 Å². The number of carbonyl (C=O) groups is 1. The first-order valence-corrected chi connectivity index (χ1v) is 5.08. The van der Waals surface area contributed by atoms with Crippen molar-refractivity contribution in [2.24, 2.45) is 5.73 Å². The molecule has 4 nitrogen and oxygen atoms in total. The number of amides is 1. The van der Waals surface area contributed by atoms with Crippen LogP contribution in [0.15, 0.2) is 30.5 Å². The maximum absolute atomic E-state index is 11.1. The number of hydrogen-bond acceptors (Lipinski definition) is 2. The van der Waals surface area contributed by atoms with Crippen LogP contribution in [0.4, 0.5) is 0 Å². The predicted octanol–water partition coefficient (Wildman–Crippen LogP) is 1.93. The minimum Gasteiger partial charge on any atom is -0.365 e. The molecule has 1 heterocycles. The second-order valence-corrected chi connectivity index (χ2v) is 3.83. The van der Waals surface area contributed by atoms with Crippen molar-refractivity contribution in [3.05, 3.63) is 46.7 Å². The average Bonchev–Trinajstić information content (AvgIpc) is 2.61. The molecule has 0 bridgehead atoms. The monoisotopic (exact) mass is 235 g/mol. The van der Waals surface area contributed by atoms with E-state index in [-0.39, 0.29) is 0 Å². The third-order valence-corrected chi connectivity index (χ3v) is 2.60. The Morgan fingerprint density at radius 2 is 2.00 bits per heavy atom. The first kappa shape index (κ1) is 10.7. The smallest absolute Gasteiger partial charge is 0.252 e. The first-order chi connectivity index (χ1) is 7.59. The van der Waals surface area contributed by atoms with Crippen molar-refractivity contribution in [3.8, 4) is 5.69 Å². The third-order valence-electron chi connectivity index (χ3n) is 2.35. The number of aromatic nitrogens is 2. The fourth-order valence-corrected chi connectivity index (χ4v) is 1.62. The molecule has 2 N–H and O–H groups in total. The fraction of sp³-hybridized carbons (Fsp3) is 0.0909. The molecule has 1 aromatic carbocycles. The van der Waals surface area contributed by atoms with E-state index < -0.39 is 5.91 Å². The van der Waals surface area contributed by atoms with Crippen LogP contribution in [0.5, 0.6) is 0 Å². The van der Waals surface area contributed by atoms with Crippen molar-refractivity contribution < 1.29 is 4.79 Å². The number of benzene rings is 1. The largest absolute Gasteiger partial charge is 0.365 e.